The van der Waals surface area contributed by atoms with Crippen LogP contribution >= 0.6 is 0 Å². The monoisotopic (exact) mass is 412 g/mol. The lowest BCUT2D eigenvalue weighted by atomic mass is 9.76. The molecule has 0 amide bonds. The molecule has 1 aliphatic rings. The third kappa shape index (κ3) is 4.33. The third-order valence-corrected chi connectivity index (χ3v) is 5.42. The van der Waals surface area contributed by atoms with Gasteiger partial charge in [0.15, 0.2) is 5.41 Å². The van der Waals surface area contributed by atoms with E-state index in [1.165, 1.54) is 0 Å². The number of ether oxygens (including phenoxy) is 4. The van der Waals surface area contributed by atoms with Crippen molar-refractivity contribution in [2.24, 2.45) is 5.41 Å². The van der Waals surface area contributed by atoms with Crippen molar-refractivity contribution >= 4 is 11.9 Å². The van der Waals surface area contributed by atoms with Gasteiger partial charge in [-0.2, -0.15) is 0 Å². The molecule has 2 aromatic rings. The lowest BCUT2D eigenvalue weighted by Gasteiger charge is -2.29. The molecule has 0 aliphatic carbocycles. The summed E-state index contributed by atoms with van der Waals surface area (Å²) in [5, 5.41) is 0. The standard InChI is InChI=1S/C24H28O6/c1-4-28-22(25)24(23(26)29-5-2)16-20(18-11-13-19(27-3)14-12-18)30-21(24)15-17-9-7-6-8-10-17/h6-14,20-21H,4-5,15-16H2,1-3H3/t20-,21-/m1/s1. The predicted molar refractivity (Wildman–Crippen MR) is 111 cm³/mol. The molecular weight excluding hydrogens is 384 g/mol. The molecule has 0 radical (unpaired) electrons. The minimum absolute atomic E-state index is 0.161. The summed E-state index contributed by atoms with van der Waals surface area (Å²) in [4.78, 5) is 26.3. The van der Waals surface area contributed by atoms with Gasteiger partial charge in [-0.3, -0.25) is 9.59 Å². The topological polar surface area (TPSA) is 71.1 Å². The van der Waals surface area contributed by atoms with E-state index < -0.39 is 29.6 Å². The van der Waals surface area contributed by atoms with Gasteiger partial charge in [-0.05, 0) is 37.1 Å². The van der Waals surface area contributed by atoms with Crippen LogP contribution in [0.5, 0.6) is 5.75 Å². The Labute approximate surface area is 177 Å². The van der Waals surface area contributed by atoms with Crippen LogP contribution in [-0.4, -0.2) is 38.4 Å². The maximum absolute atomic E-state index is 13.1. The van der Waals surface area contributed by atoms with Crippen molar-refractivity contribution in [2.75, 3.05) is 20.3 Å². The molecule has 6 nitrogen and oxygen atoms in total. The molecule has 0 N–H and O–H groups in total. The number of benzene rings is 2. The average Bonchev–Trinajstić information content (AvgIpc) is 3.15. The van der Waals surface area contributed by atoms with Gasteiger partial charge in [0, 0.05) is 12.8 Å². The number of methoxy groups -OCH3 is 1. The maximum atomic E-state index is 13.1. The van der Waals surface area contributed by atoms with Crippen molar-refractivity contribution < 1.29 is 28.5 Å². The van der Waals surface area contributed by atoms with Crippen molar-refractivity contribution in [3.8, 4) is 5.75 Å². The molecule has 2 aromatic carbocycles. The fourth-order valence-electron chi connectivity index (χ4n) is 3.88. The molecule has 0 saturated carbocycles. The summed E-state index contributed by atoms with van der Waals surface area (Å²) in [6.45, 7) is 3.79. The molecular formula is C24H28O6. The Morgan fingerprint density at radius 3 is 2.10 bits per heavy atom. The first-order valence-electron chi connectivity index (χ1n) is 10.2. The molecule has 3 rings (SSSR count). The van der Waals surface area contributed by atoms with E-state index in [9.17, 15) is 9.59 Å². The Balaban J connectivity index is 2.00. The van der Waals surface area contributed by atoms with Gasteiger partial charge in [-0.1, -0.05) is 42.5 Å². The highest BCUT2D eigenvalue weighted by Gasteiger charge is 2.61. The number of hydrogen-bond donors (Lipinski definition) is 0. The first kappa shape index (κ1) is 21.8. The summed E-state index contributed by atoms with van der Waals surface area (Å²) >= 11 is 0. The normalized spacial score (nSPS) is 19.8. The molecule has 1 aliphatic heterocycles. The average molecular weight is 412 g/mol. The fourth-order valence-corrected chi connectivity index (χ4v) is 3.88. The van der Waals surface area contributed by atoms with Gasteiger partial charge in [0.2, 0.25) is 0 Å². The van der Waals surface area contributed by atoms with Crippen LogP contribution in [0.2, 0.25) is 0 Å². The second-order valence-electron chi connectivity index (χ2n) is 7.19. The second-order valence-corrected chi connectivity index (χ2v) is 7.19. The minimum Gasteiger partial charge on any atom is -0.497 e. The summed E-state index contributed by atoms with van der Waals surface area (Å²) in [5.41, 5.74) is 0.312. The molecule has 1 saturated heterocycles. The van der Waals surface area contributed by atoms with Gasteiger partial charge in [0.05, 0.1) is 32.5 Å². The lowest BCUT2D eigenvalue weighted by Crippen LogP contribution is -2.49. The van der Waals surface area contributed by atoms with Crippen LogP contribution in [0.25, 0.3) is 0 Å². The molecule has 0 aromatic heterocycles. The second kappa shape index (κ2) is 9.76. The summed E-state index contributed by atoms with van der Waals surface area (Å²) in [5.74, 6) is -0.472. The Hall–Kier alpha value is -2.86. The van der Waals surface area contributed by atoms with Crippen LogP contribution < -0.4 is 4.74 Å². The Morgan fingerprint density at radius 2 is 1.57 bits per heavy atom. The van der Waals surface area contributed by atoms with Crippen LogP contribution in [0.1, 0.15) is 37.5 Å². The van der Waals surface area contributed by atoms with E-state index in [4.69, 9.17) is 18.9 Å². The molecule has 1 fully saturated rings. The zero-order valence-electron chi connectivity index (χ0n) is 17.6. The van der Waals surface area contributed by atoms with Crippen LogP contribution in [-0.2, 0) is 30.2 Å². The number of hydrogen-bond acceptors (Lipinski definition) is 6. The predicted octanol–water partition coefficient (Wildman–Crippen LogP) is 3.88. The maximum Gasteiger partial charge on any atom is 0.326 e. The molecule has 1 heterocycles. The summed E-state index contributed by atoms with van der Waals surface area (Å²) < 4.78 is 22.2. The Morgan fingerprint density at radius 1 is 0.967 bits per heavy atom. The highest BCUT2D eigenvalue weighted by Crippen LogP contribution is 2.49. The SMILES string of the molecule is CCOC(=O)C1(C(=O)OCC)C[C@H](c2ccc(OC)cc2)O[C@@H]1Cc1ccccc1. The summed E-state index contributed by atoms with van der Waals surface area (Å²) in [6, 6.07) is 17.1. The third-order valence-electron chi connectivity index (χ3n) is 5.42. The Kier molecular flexibility index (Phi) is 7.11. The highest BCUT2D eigenvalue weighted by molar-refractivity contribution is 6.01. The molecule has 30 heavy (non-hydrogen) atoms. The van der Waals surface area contributed by atoms with Gasteiger partial charge >= 0.3 is 11.9 Å². The molecule has 2 atom stereocenters. The first-order chi connectivity index (χ1) is 14.5. The van der Waals surface area contributed by atoms with E-state index in [0.29, 0.717) is 6.42 Å². The number of carbonyl (C=O) groups excluding carboxylic acids is 2. The van der Waals surface area contributed by atoms with Crippen molar-refractivity contribution in [3.05, 3.63) is 65.7 Å². The van der Waals surface area contributed by atoms with E-state index in [2.05, 4.69) is 0 Å². The van der Waals surface area contributed by atoms with Gasteiger partial charge < -0.3 is 18.9 Å². The Bertz CT molecular complexity index is 828. The van der Waals surface area contributed by atoms with E-state index in [0.717, 1.165) is 16.9 Å². The van der Waals surface area contributed by atoms with Crippen LogP contribution in [0.3, 0.4) is 0 Å². The van der Waals surface area contributed by atoms with Crippen LogP contribution in [0, 0.1) is 5.41 Å². The number of rotatable bonds is 8. The highest BCUT2D eigenvalue weighted by atomic mass is 16.6. The zero-order chi connectivity index (χ0) is 21.6. The first-order valence-corrected chi connectivity index (χ1v) is 10.2. The summed E-state index contributed by atoms with van der Waals surface area (Å²) in [6.07, 6.45) is -0.594. The largest absolute Gasteiger partial charge is 0.497 e. The zero-order valence-corrected chi connectivity index (χ0v) is 17.6. The smallest absolute Gasteiger partial charge is 0.326 e. The van der Waals surface area contributed by atoms with Crippen molar-refractivity contribution in [1.29, 1.82) is 0 Å². The number of esters is 2. The van der Waals surface area contributed by atoms with Gasteiger partial charge in [0.25, 0.3) is 0 Å². The molecule has 160 valence electrons. The van der Waals surface area contributed by atoms with Gasteiger partial charge in [0.1, 0.15) is 5.75 Å². The van der Waals surface area contributed by atoms with Crippen LogP contribution in [0.15, 0.2) is 54.6 Å². The molecule has 0 unspecified atom stereocenters. The van der Waals surface area contributed by atoms with Crippen molar-refractivity contribution in [3.63, 3.8) is 0 Å². The van der Waals surface area contributed by atoms with Crippen LogP contribution in [0.4, 0.5) is 0 Å². The summed E-state index contributed by atoms with van der Waals surface area (Å²) in [7, 11) is 1.60. The van der Waals surface area contributed by atoms with E-state index >= 15 is 0 Å². The van der Waals surface area contributed by atoms with Gasteiger partial charge in [-0.25, -0.2) is 0 Å². The molecule has 0 spiro atoms. The minimum atomic E-state index is -1.52. The quantitative estimate of drug-likeness (QED) is 0.484. The van der Waals surface area contributed by atoms with E-state index in [1.807, 2.05) is 54.6 Å². The number of carbonyl (C=O) groups is 2. The fraction of sp³-hybridized carbons (Fsp3) is 0.417. The van der Waals surface area contributed by atoms with Gasteiger partial charge in [-0.15, -0.1) is 0 Å². The van der Waals surface area contributed by atoms with Crippen molar-refractivity contribution in [2.45, 2.75) is 38.9 Å². The van der Waals surface area contributed by atoms with E-state index in [1.54, 1.807) is 21.0 Å². The lowest BCUT2D eigenvalue weighted by molar-refractivity contribution is -0.176. The van der Waals surface area contributed by atoms with E-state index in [-0.39, 0.29) is 19.6 Å². The molecule has 0 bridgehead atoms. The molecule has 6 heteroatoms. The van der Waals surface area contributed by atoms with Crippen molar-refractivity contribution in [1.82, 2.24) is 0 Å².